The smallest absolute Gasteiger partial charge is 0.303 e. The number of hydrogen-bond donors (Lipinski definition) is 3. The fourth-order valence-electron chi connectivity index (χ4n) is 2.06. The summed E-state index contributed by atoms with van der Waals surface area (Å²) in [5.74, 6) is -0.645. The van der Waals surface area contributed by atoms with Crippen LogP contribution in [0.4, 0.5) is 0 Å². The molecular weight excluding hydrogens is 208 g/mol. The van der Waals surface area contributed by atoms with Gasteiger partial charge in [0.15, 0.2) is 0 Å². The summed E-state index contributed by atoms with van der Waals surface area (Å²) in [6.07, 6.45) is 3.40. The molecule has 4 N–H and O–H groups in total. The van der Waals surface area contributed by atoms with Crippen molar-refractivity contribution >= 4 is 11.9 Å². The molecule has 5 nitrogen and oxygen atoms in total. The second-order valence-corrected chi connectivity index (χ2v) is 4.56. The van der Waals surface area contributed by atoms with Gasteiger partial charge in [0.25, 0.3) is 0 Å². The first-order valence-electron chi connectivity index (χ1n) is 5.78. The van der Waals surface area contributed by atoms with Gasteiger partial charge < -0.3 is 16.2 Å². The van der Waals surface area contributed by atoms with Crippen molar-refractivity contribution in [2.24, 2.45) is 11.7 Å². The van der Waals surface area contributed by atoms with E-state index >= 15 is 0 Å². The molecule has 3 unspecified atom stereocenters. The lowest BCUT2D eigenvalue weighted by molar-refractivity contribution is -0.137. The Labute approximate surface area is 95.4 Å². The van der Waals surface area contributed by atoms with Gasteiger partial charge in [-0.3, -0.25) is 9.59 Å². The summed E-state index contributed by atoms with van der Waals surface area (Å²) in [6, 6.07) is -0.493. The summed E-state index contributed by atoms with van der Waals surface area (Å²) in [4.78, 5) is 22.0. The third-order valence-electron chi connectivity index (χ3n) is 3.20. The van der Waals surface area contributed by atoms with Crippen LogP contribution in [0.25, 0.3) is 0 Å². The van der Waals surface area contributed by atoms with Crippen molar-refractivity contribution in [3.63, 3.8) is 0 Å². The second kappa shape index (κ2) is 5.84. The summed E-state index contributed by atoms with van der Waals surface area (Å²) in [5, 5.41) is 11.4. The SMILES string of the molecule is CC1CCCC1NC(=O)C(N)CCC(=O)O. The van der Waals surface area contributed by atoms with Gasteiger partial charge in [0, 0.05) is 12.5 Å². The van der Waals surface area contributed by atoms with E-state index < -0.39 is 12.0 Å². The normalized spacial score (nSPS) is 26.4. The van der Waals surface area contributed by atoms with Crippen LogP contribution in [0.1, 0.15) is 39.0 Å². The molecule has 0 aliphatic heterocycles. The number of rotatable bonds is 5. The second-order valence-electron chi connectivity index (χ2n) is 4.56. The monoisotopic (exact) mass is 228 g/mol. The van der Waals surface area contributed by atoms with E-state index in [9.17, 15) is 9.59 Å². The molecule has 1 aliphatic rings. The van der Waals surface area contributed by atoms with Gasteiger partial charge in [-0.2, -0.15) is 0 Å². The quantitative estimate of drug-likeness (QED) is 0.638. The molecular formula is C11H20N2O3. The Hall–Kier alpha value is -1.10. The van der Waals surface area contributed by atoms with Crippen LogP contribution in [0.2, 0.25) is 0 Å². The van der Waals surface area contributed by atoms with E-state index in [1.807, 2.05) is 0 Å². The van der Waals surface area contributed by atoms with Gasteiger partial charge in [-0.25, -0.2) is 0 Å². The summed E-state index contributed by atoms with van der Waals surface area (Å²) < 4.78 is 0. The standard InChI is InChI=1S/C11H20N2O3/c1-7-3-2-4-9(7)13-11(16)8(12)5-6-10(14)15/h7-9H,2-6,12H2,1H3,(H,13,16)(H,14,15). The third kappa shape index (κ3) is 3.81. The zero-order valence-electron chi connectivity index (χ0n) is 9.61. The van der Waals surface area contributed by atoms with Gasteiger partial charge in [-0.05, 0) is 25.2 Å². The molecule has 0 aromatic carbocycles. The summed E-state index contributed by atoms with van der Waals surface area (Å²) in [6.45, 7) is 2.11. The predicted octanol–water partition coefficient (Wildman–Crippen LogP) is 0.483. The van der Waals surface area contributed by atoms with Crippen LogP contribution in [0.3, 0.4) is 0 Å². The Morgan fingerprint density at radius 3 is 2.69 bits per heavy atom. The van der Waals surface area contributed by atoms with Gasteiger partial charge >= 0.3 is 5.97 Å². The maximum atomic E-state index is 11.6. The molecule has 92 valence electrons. The molecule has 0 aromatic rings. The van der Waals surface area contributed by atoms with Gasteiger partial charge in [0.1, 0.15) is 0 Å². The average Bonchev–Trinajstić information content (AvgIpc) is 2.60. The van der Waals surface area contributed by atoms with Crippen molar-refractivity contribution in [2.45, 2.75) is 51.1 Å². The van der Waals surface area contributed by atoms with Crippen molar-refractivity contribution in [1.82, 2.24) is 5.32 Å². The number of carbonyl (C=O) groups excluding carboxylic acids is 1. The van der Waals surface area contributed by atoms with Crippen molar-refractivity contribution in [3.8, 4) is 0 Å². The van der Waals surface area contributed by atoms with Crippen molar-refractivity contribution in [2.75, 3.05) is 0 Å². The molecule has 5 heteroatoms. The van der Waals surface area contributed by atoms with Crippen LogP contribution >= 0.6 is 0 Å². The van der Waals surface area contributed by atoms with E-state index in [2.05, 4.69) is 12.2 Å². The van der Waals surface area contributed by atoms with E-state index in [0.717, 1.165) is 19.3 Å². The van der Waals surface area contributed by atoms with E-state index in [1.54, 1.807) is 0 Å². The van der Waals surface area contributed by atoms with Crippen LogP contribution < -0.4 is 11.1 Å². The minimum absolute atomic E-state index is 0.0607. The van der Waals surface area contributed by atoms with E-state index in [0.29, 0.717) is 5.92 Å². The number of nitrogens with two attached hydrogens (primary N) is 1. The fourth-order valence-corrected chi connectivity index (χ4v) is 2.06. The first-order chi connectivity index (χ1) is 7.50. The van der Waals surface area contributed by atoms with E-state index in [-0.39, 0.29) is 24.8 Å². The van der Waals surface area contributed by atoms with Gasteiger partial charge in [0.2, 0.25) is 5.91 Å². The fraction of sp³-hybridized carbons (Fsp3) is 0.818. The zero-order chi connectivity index (χ0) is 12.1. The molecule has 0 saturated heterocycles. The number of carboxylic acids is 1. The highest BCUT2D eigenvalue weighted by Gasteiger charge is 2.26. The van der Waals surface area contributed by atoms with Crippen molar-refractivity contribution in [3.05, 3.63) is 0 Å². The molecule has 16 heavy (non-hydrogen) atoms. The van der Waals surface area contributed by atoms with Crippen molar-refractivity contribution in [1.29, 1.82) is 0 Å². The molecule has 1 aliphatic carbocycles. The van der Waals surface area contributed by atoms with Gasteiger partial charge in [-0.15, -0.1) is 0 Å². The molecule has 0 radical (unpaired) electrons. The van der Waals surface area contributed by atoms with E-state index in [1.165, 1.54) is 0 Å². The van der Waals surface area contributed by atoms with Gasteiger partial charge in [0.05, 0.1) is 6.04 Å². The lowest BCUT2D eigenvalue weighted by atomic mass is 10.1. The van der Waals surface area contributed by atoms with Crippen LogP contribution in [0.15, 0.2) is 0 Å². The number of nitrogens with one attached hydrogen (secondary N) is 1. The Morgan fingerprint density at radius 1 is 1.50 bits per heavy atom. The molecule has 1 rings (SSSR count). The molecule has 0 aromatic heterocycles. The summed E-state index contributed by atoms with van der Waals surface area (Å²) in [5.41, 5.74) is 5.61. The predicted molar refractivity (Wildman–Crippen MR) is 59.8 cm³/mol. The zero-order valence-corrected chi connectivity index (χ0v) is 9.61. The highest BCUT2D eigenvalue weighted by Crippen LogP contribution is 2.24. The molecule has 1 saturated carbocycles. The Bertz CT molecular complexity index is 268. The summed E-state index contributed by atoms with van der Waals surface area (Å²) >= 11 is 0. The average molecular weight is 228 g/mol. The maximum Gasteiger partial charge on any atom is 0.303 e. The highest BCUT2D eigenvalue weighted by atomic mass is 16.4. The number of amides is 1. The Kier molecular flexibility index (Phi) is 4.73. The minimum Gasteiger partial charge on any atom is -0.481 e. The van der Waals surface area contributed by atoms with Crippen molar-refractivity contribution < 1.29 is 14.7 Å². The number of carboxylic acid groups (broad SMARTS) is 1. The molecule has 1 fully saturated rings. The molecule has 0 spiro atoms. The van der Waals surface area contributed by atoms with E-state index in [4.69, 9.17) is 10.8 Å². The topological polar surface area (TPSA) is 92.4 Å². The van der Waals surface area contributed by atoms with Crippen LogP contribution in [-0.4, -0.2) is 29.1 Å². The van der Waals surface area contributed by atoms with Crippen LogP contribution in [0, 0.1) is 5.92 Å². The lowest BCUT2D eigenvalue weighted by Crippen LogP contribution is -2.46. The lowest BCUT2D eigenvalue weighted by Gasteiger charge is -2.19. The minimum atomic E-state index is -0.919. The molecule has 0 heterocycles. The number of carbonyl (C=O) groups is 2. The highest BCUT2D eigenvalue weighted by molar-refractivity contribution is 5.82. The van der Waals surface area contributed by atoms with Crippen LogP contribution in [-0.2, 0) is 9.59 Å². The Balaban J connectivity index is 2.30. The largest absolute Gasteiger partial charge is 0.481 e. The first-order valence-corrected chi connectivity index (χ1v) is 5.78. The summed E-state index contributed by atoms with van der Waals surface area (Å²) in [7, 11) is 0. The first kappa shape index (κ1) is 13.0. The molecule has 0 bridgehead atoms. The molecule has 3 atom stereocenters. The number of aliphatic carboxylic acids is 1. The number of hydrogen-bond acceptors (Lipinski definition) is 3. The molecule has 1 amide bonds. The van der Waals surface area contributed by atoms with Crippen LogP contribution in [0.5, 0.6) is 0 Å². The van der Waals surface area contributed by atoms with Gasteiger partial charge in [-0.1, -0.05) is 13.3 Å². The third-order valence-corrected chi connectivity index (χ3v) is 3.20. The Morgan fingerprint density at radius 2 is 2.19 bits per heavy atom. The maximum absolute atomic E-state index is 11.6.